The van der Waals surface area contributed by atoms with Crippen LogP contribution in [0.4, 0.5) is 22.0 Å². The summed E-state index contributed by atoms with van der Waals surface area (Å²) in [7, 11) is 2.38. The maximum atomic E-state index is 14.7. The molecule has 1 aromatic heterocycles. The molecule has 4 rings (SSSR count). The van der Waals surface area contributed by atoms with Crippen LogP contribution >= 0.6 is 0 Å². The third-order valence-corrected chi connectivity index (χ3v) is 7.27. The molecule has 6 atom stereocenters. The lowest BCUT2D eigenvalue weighted by molar-refractivity contribution is -0.275. The van der Waals surface area contributed by atoms with E-state index in [4.69, 9.17) is 23.7 Å². The van der Waals surface area contributed by atoms with Crippen molar-refractivity contribution in [2.75, 3.05) is 20.8 Å². The number of nitrogens with one attached hydrogen (secondary N) is 1. The van der Waals surface area contributed by atoms with Crippen molar-refractivity contribution in [2.24, 2.45) is 5.92 Å². The topological polar surface area (TPSA) is 82.3 Å². The van der Waals surface area contributed by atoms with Gasteiger partial charge in [0.1, 0.15) is 12.2 Å². The number of benzene rings is 1. The number of pyridine rings is 1. The Hall–Kier alpha value is -2.70. The van der Waals surface area contributed by atoms with Gasteiger partial charge in [-0.1, -0.05) is 13.0 Å². The van der Waals surface area contributed by atoms with Crippen molar-refractivity contribution >= 4 is 0 Å². The van der Waals surface area contributed by atoms with Gasteiger partial charge in [0, 0.05) is 24.0 Å². The first-order valence-corrected chi connectivity index (χ1v) is 11.7. The molecule has 0 radical (unpaired) electrons. The fraction of sp³-hybridized carbons (Fsp3) is 0.560. The van der Waals surface area contributed by atoms with Crippen molar-refractivity contribution in [1.82, 2.24) is 4.98 Å². The number of ether oxygens (including phenoxy) is 5. The average molecular weight is 533 g/mol. The van der Waals surface area contributed by atoms with Crippen LogP contribution in [-0.4, -0.2) is 43.9 Å². The third kappa shape index (κ3) is 4.28. The van der Waals surface area contributed by atoms with Crippen LogP contribution in [-0.2, 0) is 14.2 Å². The molecule has 2 fully saturated rings. The fourth-order valence-electron chi connectivity index (χ4n) is 5.15. The molecule has 2 aliphatic heterocycles. The number of aryl methyl sites for hydroxylation is 1. The maximum absolute atomic E-state index is 14.7. The molecule has 204 valence electrons. The van der Waals surface area contributed by atoms with Gasteiger partial charge in [-0.3, -0.25) is 4.79 Å². The predicted molar refractivity (Wildman–Crippen MR) is 121 cm³/mol. The lowest BCUT2D eigenvalue weighted by atomic mass is 9.76. The van der Waals surface area contributed by atoms with Crippen molar-refractivity contribution in [2.45, 2.75) is 63.9 Å². The molecule has 0 bridgehead atoms. The smallest absolute Gasteiger partial charge is 0.417 e. The molecule has 0 aliphatic carbocycles. The number of aromatic nitrogens is 1. The van der Waals surface area contributed by atoms with E-state index in [1.54, 1.807) is 6.92 Å². The average Bonchev–Trinajstić information content (AvgIpc) is 3.52. The Morgan fingerprint density at radius 3 is 2.32 bits per heavy atom. The van der Waals surface area contributed by atoms with Gasteiger partial charge in [0.25, 0.3) is 0 Å². The molecule has 37 heavy (non-hydrogen) atoms. The van der Waals surface area contributed by atoms with Crippen LogP contribution in [0, 0.1) is 24.5 Å². The maximum Gasteiger partial charge on any atom is 0.417 e. The molecule has 2 aliphatic rings. The van der Waals surface area contributed by atoms with E-state index in [1.807, 2.05) is 0 Å². The van der Waals surface area contributed by atoms with Crippen LogP contribution in [0.5, 0.6) is 11.5 Å². The van der Waals surface area contributed by atoms with Crippen LogP contribution < -0.4 is 14.9 Å². The highest BCUT2D eigenvalue weighted by Gasteiger charge is 2.65. The van der Waals surface area contributed by atoms with E-state index < -0.39 is 64.9 Å². The van der Waals surface area contributed by atoms with E-state index in [1.165, 1.54) is 27.0 Å². The Balaban J connectivity index is 1.98. The second-order valence-electron chi connectivity index (χ2n) is 9.26. The number of aromatic amines is 1. The molecule has 12 heteroatoms. The van der Waals surface area contributed by atoms with E-state index >= 15 is 0 Å². The summed E-state index contributed by atoms with van der Waals surface area (Å²) in [5.74, 6) is -5.66. The second kappa shape index (κ2) is 9.55. The molecule has 2 unspecified atom stereocenters. The van der Waals surface area contributed by atoms with Crippen molar-refractivity contribution < 1.29 is 45.6 Å². The molecule has 3 heterocycles. The molecule has 0 saturated carbocycles. The van der Waals surface area contributed by atoms with Gasteiger partial charge in [0.2, 0.25) is 11.2 Å². The molecular weight excluding hydrogens is 505 g/mol. The van der Waals surface area contributed by atoms with E-state index in [9.17, 15) is 26.7 Å². The van der Waals surface area contributed by atoms with E-state index in [-0.39, 0.29) is 34.9 Å². The van der Waals surface area contributed by atoms with E-state index in [0.717, 1.165) is 20.1 Å². The van der Waals surface area contributed by atoms with E-state index in [0.29, 0.717) is 0 Å². The summed E-state index contributed by atoms with van der Waals surface area (Å²) in [6.45, 7) is 5.72. The van der Waals surface area contributed by atoms with Gasteiger partial charge in [0.05, 0.1) is 31.2 Å². The highest BCUT2D eigenvalue weighted by atomic mass is 19.4. The van der Waals surface area contributed by atoms with Crippen molar-refractivity contribution in [3.63, 3.8) is 0 Å². The minimum Gasteiger partial charge on any atom is -0.493 e. The molecule has 2 saturated heterocycles. The summed E-state index contributed by atoms with van der Waals surface area (Å²) in [6.07, 6.45) is -7.96. The Labute approximate surface area is 209 Å². The van der Waals surface area contributed by atoms with Gasteiger partial charge in [-0.05, 0) is 26.8 Å². The number of hydrogen-bond donors (Lipinski definition) is 1. The monoisotopic (exact) mass is 533 g/mol. The van der Waals surface area contributed by atoms with Crippen molar-refractivity contribution in [3.8, 4) is 11.5 Å². The van der Waals surface area contributed by atoms with Gasteiger partial charge in [-0.25, -0.2) is 4.39 Å². The van der Waals surface area contributed by atoms with E-state index in [2.05, 4.69) is 4.98 Å². The first-order valence-electron chi connectivity index (χ1n) is 11.7. The number of hydrogen-bond acceptors (Lipinski definition) is 6. The molecule has 7 nitrogen and oxygen atoms in total. The van der Waals surface area contributed by atoms with Crippen LogP contribution in [0.15, 0.2) is 16.9 Å². The number of methoxy groups -OCH3 is 2. The SMILES string of the molecule is CCOC1OC1c1c([C@@H]2O[C@@](C)(C(F)(F)F)[C@@H](C)[C@H]2c2ccc(F)c(F)c2OC)[nH]c(C)c(OC)c1=O. The molecule has 0 amide bonds. The van der Waals surface area contributed by atoms with Crippen LogP contribution in [0.25, 0.3) is 0 Å². The molecule has 2 aromatic rings. The number of H-pyrrole nitrogens is 1. The molecule has 0 spiro atoms. The van der Waals surface area contributed by atoms with Gasteiger partial charge in [-0.15, -0.1) is 0 Å². The summed E-state index contributed by atoms with van der Waals surface area (Å²) in [4.78, 5) is 16.4. The van der Waals surface area contributed by atoms with Gasteiger partial charge in [0.15, 0.2) is 29.2 Å². The first kappa shape index (κ1) is 27.3. The zero-order chi connectivity index (χ0) is 27.4. The lowest BCUT2D eigenvalue weighted by Gasteiger charge is -2.32. The zero-order valence-electron chi connectivity index (χ0n) is 21.1. The molecule has 1 aromatic carbocycles. The first-order chi connectivity index (χ1) is 17.3. The minimum absolute atomic E-state index is 0.00659. The van der Waals surface area contributed by atoms with Crippen LogP contribution in [0.3, 0.4) is 0 Å². The normalized spacial score (nSPS) is 29.4. The standard InChI is InChI=1S/C25H28F5NO6/c1-7-35-23-22(36-23)15-17(31-11(3)19(33-5)18(15)32)21-14(10(2)24(4,37-21)25(28,29)30)12-8-9-13(26)16(27)20(12)34-6/h8-10,14,21-23H,7H2,1-6H3,(H,31,32)/t10-,14-,21+,22?,23?,24+/m0/s1. The van der Waals surface area contributed by atoms with Gasteiger partial charge in [-0.2, -0.15) is 17.6 Å². The third-order valence-electron chi connectivity index (χ3n) is 7.27. The Bertz CT molecular complexity index is 1250. The molecular formula is C25H28F5NO6. The molecule has 1 N–H and O–H groups in total. The van der Waals surface area contributed by atoms with Crippen LogP contribution in [0.1, 0.15) is 61.4 Å². The highest BCUT2D eigenvalue weighted by Crippen LogP contribution is 2.60. The summed E-state index contributed by atoms with van der Waals surface area (Å²) >= 11 is 0. The van der Waals surface area contributed by atoms with Crippen LogP contribution in [0.2, 0.25) is 0 Å². The summed E-state index contributed by atoms with van der Waals surface area (Å²) < 4.78 is 98.9. The Morgan fingerprint density at radius 1 is 1.11 bits per heavy atom. The van der Waals surface area contributed by atoms with Gasteiger partial charge >= 0.3 is 6.18 Å². The summed E-state index contributed by atoms with van der Waals surface area (Å²) in [5, 5.41) is 0. The van der Waals surface area contributed by atoms with Crippen molar-refractivity contribution in [1.29, 1.82) is 0 Å². The zero-order valence-corrected chi connectivity index (χ0v) is 21.1. The van der Waals surface area contributed by atoms with Gasteiger partial charge < -0.3 is 28.7 Å². The summed E-state index contributed by atoms with van der Waals surface area (Å²) in [6, 6.07) is 1.99. The summed E-state index contributed by atoms with van der Waals surface area (Å²) in [5.41, 5.74) is -3.11. The number of halogens is 5. The number of rotatable bonds is 7. The number of alkyl halides is 3. The minimum atomic E-state index is -4.84. The highest BCUT2D eigenvalue weighted by molar-refractivity contribution is 5.45. The largest absolute Gasteiger partial charge is 0.493 e. The second-order valence-corrected chi connectivity index (χ2v) is 9.26. The quantitative estimate of drug-likeness (QED) is 0.388. The Kier molecular flexibility index (Phi) is 7.06. The predicted octanol–water partition coefficient (Wildman–Crippen LogP) is 5.22. The Morgan fingerprint density at radius 2 is 1.76 bits per heavy atom. The lowest BCUT2D eigenvalue weighted by Crippen LogP contribution is -2.46. The number of epoxide rings is 1. The van der Waals surface area contributed by atoms with Crippen molar-refractivity contribution in [3.05, 3.63) is 56.5 Å². The fourth-order valence-corrected chi connectivity index (χ4v) is 5.15.